The molecule has 2 aliphatic rings. The highest BCUT2D eigenvalue weighted by Gasteiger charge is 2.44. The largest absolute Gasteiger partial charge is 0.497 e. The van der Waals surface area contributed by atoms with E-state index in [1.54, 1.807) is 12.1 Å². The Balaban J connectivity index is 1.65. The van der Waals surface area contributed by atoms with Gasteiger partial charge in [0, 0.05) is 36.3 Å². The van der Waals surface area contributed by atoms with Crippen LogP contribution in [0.4, 0.5) is 8.78 Å². The molecule has 2 N–H and O–H groups in total. The van der Waals surface area contributed by atoms with E-state index in [0.29, 0.717) is 11.8 Å². The number of methoxy groups -OCH3 is 1. The lowest BCUT2D eigenvalue weighted by Gasteiger charge is -2.34. The number of carboxylic acids is 1. The number of carbonyl (C=O) groups excluding carboxylic acids is 3. The lowest BCUT2D eigenvalue weighted by molar-refractivity contribution is -0.138. The predicted octanol–water partition coefficient (Wildman–Crippen LogP) is 3.44. The summed E-state index contributed by atoms with van der Waals surface area (Å²) in [6.45, 7) is -0.0799. The number of carboxylic acid groups (broad SMARTS) is 1. The smallest absolute Gasteiger partial charge is 0.305 e. The van der Waals surface area contributed by atoms with Crippen molar-refractivity contribution >= 4 is 23.7 Å². The third kappa shape index (κ3) is 6.52. The maximum absolute atomic E-state index is 13.9. The summed E-state index contributed by atoms with van der Waals surface area (Å²) in [6, 6.07) is 7.89. The number of hydrogen-bond donors (Lipinski definition) is 2. The number of amides is 3. The quantitative estimate of drug-likeness (QED) is 0.527. The van der Waals surface area contributed by atoms with Crippen LogP contribution in [-0.2, 0) is 9.59 Å². The van der Waals surface area contributed by atoms with Crippen molar-refractivity contribution < 1.29 is 37.8 Å². The Bertz CT molecular complexity index is 1210. The van der Waals surface area contributed by atoms with Gasteiger partial charge in [-0.25, -0.2) is 8.78 Å². The first-order chi connectivity index (χ1) is 18.7. The van der Waals surface area contributed by atoms with Gasteiger partial charge in [0.05, 0.1) is 13.5 Å². The Kier molecular flexibility index (Phi) is 8.78. The van der Waals surface area contributed by atoms with Crippen molar-refractivity contribution in [2.75, 3.05) is 20.2 Å². The third-order valence-corrected chi connectivity index (χ3v) is 7.32. The summed E-state index contributed by atoms with van der Waals surface area (Å²) in [4.78, 5) is 54.5. The van der Waals surface area contributed by atoms with Crippen LogP contribution in [0.5, 0.6) is 5.75 Å². The van der Waals surface area contributed by atoms with E-state index in [-0.39, 0.29) is 36.6 Å². The van der Waals surface area contributed by atoms with Crippen LogP contribution in [0.1, 0.15) is 59.2 Å². The van der Waals surface area contributed by atoms with Gasteiger partial charge in [0.1, 0.15) is 17.4 Å². The number of halogens is 2. The van der Waals surface area contributed by atoms with Gasteiger partial charge in [-0.2, -0.15) is 0 Å². The number of benzene rings is 2. The molecule has 0 spiro atoms. The molecule has 11 heteroatoms. The summed E-state index contributed by atoms with van der Waals surface area (Å²) in [5.74, 6) is -4.62. The molecule has 2 aromatic rings. The van der Waals surface area contributed by atoms with Crippen LogP contribution in [0, 0.1) is 17.6 Å². The van der Waals surface area contributed by atoms with Crippen LogP contribution in [0.15, 0.2) is 42.5 Å². The second-order valence-corrected chi connectivity index (χ2v) is 9.87. The van der Waals surface area contributed by atoms with Gasteiger partial charge >= 0.3 is 5.97 Å². The molecule has 0 bridgehead atoms. The van der Waals surface area contributed by atoms with E-state index in [0.717, 1.165) is 49.1 Å². The van der Waals surface area contributed by atoms with E-state index in [1.807, 2.05) is 0 Å². The van der Waals surface area contributed by atoms with E-state index >= 15 is 0 Å². The molecule has 4 rings (SSSR count). The molecule has 1 aliphatic carbocycles. The average Bonchev–Trinajstić information content (AvgIpc) is 3.37. The fourth-order valence-electron chi connectivity index (χ4n) is 5.40. The van der Waals surface area contributed by atoms with E-state index in [2.05, 4.69) is 5.32 Å². The zero-order valence-corrected chi connectivity index (χ0v) is 21.6. The first-order valence-corrected chi connectivity index (χ1v) is 12.9. The van der Waals surface area contributed by atoms with Crippen LogP contribution in [0.2, 0.25) is 0 Å². The number of hydrogen-bond acceptors (Lipinski definition) is 5. The van der Waals surface area contributed by atoms with Crippen LogP contribution in [0.3, 0.4) is 0 Å². The van der Waals surface area contributed by atoms with E-state index in [9.17, 15) is 33.1 Å². The zero-order valence-electron chi connectivity index (χ0n) is 21.6. The van der Waals surface area contributed by atoms with E-state index in [4.69, 9.17) is 4.74 Å². The van der Waals surface area contributed by atoms with Gasteiger partial charge in [-0.05, 0) is 55.2 Å². The minimum Gasteiger partial charge on any atom is -0.497 e. The summed E-state index contributed by atoms with van der Waals surface area (Å²) in [5.41, 5.74) is -0.0625. The fourth-order valence-corrected chi connectivity index (χ4v) is 5.40. The minimum absolute atomic E-state index is 0.0144. The Morgan fingerprint density at radius 3 is 2.03 bits per heavy atom. The Hall–Kier alpha value is -4.02. The van der Waals surface area contributed by atoms with E-state index in [1.165, 1.54) is 24.1 Å². The molecule has 208 valence electrons. The Morgan fingerprint density at radius 1 is 0.923 bits per heavy atom. The molecule has 1 saturated carbocycles. The summed E-state index contributed by atoms with van der Waals surface area (Å²) < 4.78 is 32.9. The molecule has 0 aromatic heterocycles. The van der Waals surface area contributed by atoms with E-state index < -0.39 is 47.5 Å². The summed E-state index contributed by atoms with van der Waals surface area (Å²) in [5, 5.41) is 12.3. The number of aliphatic carboxylic acids is 1. The molecular formula is C28H31F2N3O6. The van der Waals surface area contributed by atoms with Gasteiger partial charge in [-0.15, -0.1) is 0 Å². The molecule has 2 unspecified atom stereocenters. The third-order valence-electron chi connectivity index (χ3n) is 7.32. The van der Waals surface area contributed by atoms with Crippen molar-refractivity contribution in [3.63, 3.8) is 0 Å². The highest BCUT2D eigenvalue weighted by atomic mass is 19.1. The molecular weight excluding hydrogens is 512 g/mol. The van der Waals surface area contributed by atoms with Gasteiger partial charge in [-0.3, -0.25) is 19.2 Å². The van der Waals surface area contributed by atoms with Gasteiger partial charge in [0.2, 0.25) is 0 Å². The fraction of sp³-hybridized carbons (Fsp3) is 0.429. The average molecular weight is 544 g/mol. The van der Waals surface area contributed by atoms with Crippen molar-refractivity contribution in [3.05, 3.63) is 65.2 Å². The maximum atomic E-state index is 13.9. The Morgan fingerprint density at radius 2 is 1.49 bits per heavy atom. The summed E-state index contributed by atoms with van der Waals surface area (Å²) in [6.07, 6.45) is 2.61. The number of nitrogens with zero attached hydrogens (tertiary/aromatic N) is 2. The zero-order chi connectivity index (χ0) is 28.1. The molecule has 3 amide bonds. The second kappa shape index (κ2) is 12.2. The molecule has 1 aliphatic heterocycles. The molecule has 39 heavy (non-hydrogen) atoms. The monoisotopic (exact) mass is 543 g/mol. The van der Waals surface area contributed by atoms with Crippen molar-refractivity contribution in [1.29, 1.82) is 0 Å². The molecule has 2 atom stereocenters. The van der Waals surface area contributed by atoms with Gasteiger partial charge < -0.3 is 25.0 Å². The summed E-state index contributed by atoms with van der Waals surface area (Å²) >= 11 is 0. The number of rotatable bonds is 8. The normalized spacial score (nSPS) is 18.5. The van der Waals surface area contributed by atoms with Crippen molar-refractivity contribution in [3.8, 4) is 5.75 Å². The number of nitrogens with one attached hydrogen (secondary N) is 1. The molecule has 2 fully saturated rings. The van der Waals surface area contributed by atoms with Crippen LogP contribution >= 0.6 is 0 Å². The first kappa shape index (κ1) is 28.0. The van der Waals surface area contributed by atoms with Gasteiger partial charge in [-0.1, -0.05) is 19.3 Å². The van der Waals surface area contributed by atoms with Crippen molar-refractivity contribution in [2.45, 2.75) is 50.7 Å². The lowest BCUT2D eigenvalue weighted by Crippen LogP contribution is -2.57. The number of carbonyl (C=O) groups is 4. The lowest BCUT2D eigenvalue weighted by atomic mass is 9.82. The first-order valence-electron chi connectivity index (χ1n) is 12.9. The van der Waals surface area contributed by atoms with Gasteiger partial charge in [0.25, 0.3) is 17.7 Å². The van der Waals surface area contributed by atoms with Gasteiger partial charge in [0.15, 0.2) is 6.17 Å². The van der Waals surface area contributed by atoms with Crippen LogP contribution < -0.4 is 10.1 Å². The minimum atomic E-state index is -1.45. The predicted molar refractivity (Wildman–Crippen MR) is 136 cm³/mol. The SMILES string of the molecule is COc1ccc(C(=O)N2CCN(C(=O)c3cc(F)cc(F)c3)C2C(=O)NC(CC(=O)O)C2CCCCC2)cc1. The highest BCUT2D eigenvalue weighted by molar-refractivity contribution is 6.02. The summed E-state index contributed by atoms with van der Waals surface area (Å²) in [7, 11) is 1.48. The van der Waals surface area contributed by atoms with Crippen molar-refractivity contribution in [2.24, 2.45) is 5.92 Å². The molecule has 1 saturated heterocycles. The van der Waals surface area contributed by atoms with Crippen molar-refractivity contribution in [1.82, 2.24) is 15.1 Å². The Labute approximate surface area is 224 Å². The molecule has 0 radical (unpaired) electrons. The molecule has 9 nitrogen and oxygen atoms in total. The maximum Gasteiger partial charge on any atom is 0.305 e. The highest BCUT2D eigenvalue weighted by Crippen LogP contribution is 2.29. The molecule has 1 heterocycles. The topological polar surface area (TPSA) is 116 Å². The van der Waals surface area contributed by atoms with Crippen LogP contribution in [-0.4, -0.2) is 71.0 Å². The standard InChI is InChI=1S/C28H31F2N3O6/c1-39-22-9-7-18(8-10-22)27(37)32-11-12-33(28(38)19-13-20(29)15-21(30)14-19)26(32)25(36)31-23(16-24(34)35)17-5-3-2-4-6-17/h7-10,13-15,17,23,26H,2-6,11-12,16H2,1H3,(H,31,36)(H,34,35). The second-order valence-electron chi connectivity index (χ2n) is 9.87. The molecule has 2 aromatic carbocycles. The van der Waals surface area contributed by atoms with Crippen LogP contribution in [0.25, 0.3) is 0 Å². The number of ether oxygens (including phenoxy) is 1.